The van der Waals surface area contributed by atoms with Crippen LogP contribution >= 0.6 is 11.6 Å². The Kier molecular flexibility index (Phi) is 7.81. The van der Waals surface area contributed by atoms with Crippen molar-refractivity contribution in [1.29, 1.82) is 0 Å². The highest BCUT2D eigenvalue weighted by molar-refractivity contribution is 6.30. The van der Waals surface area contributed by atoms with Crippen molar-refractivity contribution < 1.29 is 4.79 Å². The molecular weight excluding hydrogens is 438 g/mol. The Morgan fingerprint density at radius 2 is 1.94 bits per heavy atom. The van der Waals surface area contributed by atoms with Gasteiger partial charge in [-0.25, -0.2) is 9.67 Å². The van der Waals surface area contributed by atoms with Gasteiger partial charge in [0.2, 0.25) is 5.91 Å². The van der Waals surface area contributed by atoms with Gasteiger partial charge in [-0.3, -0.25) is 14.2 Å². The molecule has 1 aliphatic carbocycles. The monoisotopic (exact) mass is 469 g/mol. The number of amides is 1. The Bertz CT molecular complexity index is 1130. The van der Waals surface area contributed by atoms with Gasteiger partial charge in [0.15, 0.2) is 5.65 Å². The molecule has 4 rings (SSSR count). The third-order valence-corrected chi connectivity index (χ3v) is 6.95. The third-order valence-electron chi connectivity index (χ3n) is 6.69. The van der Waals surface area contributed by atoms with Gasteiger partial charge in [0.05, 0.1) is 19.3 Å². The van der Waals surface area contributed by atoms with Gasteiger partial charge in [-0.05, 0) is 49.3 Å². The van der Waals surface area contributed by atoms with Crippen molar-refractivity contribution in [3.05, 3.63) is 57.7 Å². The van der Waals surface area contributed by atoms with Crippen molar-refractivity contribution in [1.82, 2.24) is 24.6 Å². The largest absolute Gasteiger partial charge is 0.354 e. The van der Waals surface area contributed by atoms with E-state index in [4.69, 9.17) is 11.6 Å². The lowest BCUT2D eigenvalue weighted by molar-refractivity contribution is -0.126. The number of aromatic nitrogens is 4. The maximum atomic E-state index is 12.9. The van der Waals surface area contributed by atoms with Gasteiger partial charge in [0, 0.05) is 17.5 Å². The minimum Gasteiger partial charge on any atom is -0.354 e. The first-order valence-electron chi connectivity index (χ1n) is 12.0. The number of hydrogen-bond donors (Lipinski definition) is 1. The predicted molar refractivity (Wildman–Crippen MR) is 130 cm³/mol. The van der Waals surface area contributed by atoms with Crippen LogP contribution in [-0.4, -0.2) is 31.8 Å². The molecule has 0 spiro atoms. The second-order valence-corrected chi connectivity index (χ2v) is 9.50. The first kappa shape index (κ1) is 23.5. The molecule has 1 aromatic carbocycles. The summed E-state index contributed by atoms with van der Waals surface area (Å²) >= 11 is 5.94. The molecule has 0 bridgehead atoms. The van der Waals surface area contributed by atoms with Crippen molar-refractivity contribution in [2.24, 2.45) is 11.8 Å². The number of rotatable bonds is 9. The summed E-state index contributed by atoms with van der Waals surface area (Å²) in [6.45, 7) is 3.60. The lowest BCUT2D eigenvalue weighted by Gasteiger charge is -2.27. The van der Waals surface area contributed by atoms with E-state index < -0.39 is 0 Å². The quantitative estimate of drug-likeness (QED) is 0.503. The SMILES string of the molecule is CCCCC1CCC(C(=O)NCCn2ncc3c(=O)n(Cc4ccc(Cl)cc4)cnc32)CC1. The molecule has 33 heavy (non-hydrogen) atoms. The van der Waals surface area contributed by atoms with E-state index in [2.05, 4.69) is 22.3 Å². The lowest BCUT2D eigenvalue weighted by Crippen LogP contribution is -2.35. The summed E-state index contributed by atoms with van der Waals surface area (Å²) < 4.78 is 3.25. The molecular formula is C25H32ClN5O2. The summed E-state index contributed by atoms with van der Waals surface area (Å²) in [5.41, 5.74) is 1.38. The van der Waals surface area contributed by atoms with Gasteiger partial charge in [-0.1, -0.05) is 49.9 Å². The van der Waals surface area contributed by atoms with Crippen LogP contribution in [0.25, 0.3) is 11.0 Å². The number of fused-ring (bicyclic) bond motifs is 1. The number of carbonyl (C=O) groups excluding carboxylic acids is 1. The van der Waals surface area contributed by atoms with Crippen LogP contribution in [0.4, 0.5) is 0 Å². The second kappa shape index (κ2) is 11.0. The van der Waals surface area contributed by atoms with Crippen molar-refractivity contribution in [2.45, 2.75) is 65.0 Å². The number of nitrogens with zero attached hydrogens (tertiary/aromatic N) is 4. The van der Waals surface area contributed by atoms with Crippen LogP contribution < -0.4 is 10.9 Å². The molecule has 0 atom stereocenters. The molecule has 8 heteroatoms. The fraction of sp³-hybridized carbons (Fsp3) is 0.520. The topological polar surface area (TPSA) is 81.8 Å². The third kappa shape index (κ3) is 5.82. The average molecular weight is 470 g/mol. The van der Waals surface area contributed by atoms with Crippen LogP contribution in [0.2, 0.25) is 5.02 Å². The molecule has 3 aromatic rings. The number of carbonyl (C=O) groups is 1. The number of hydrogen-bond acceptors (Lipinski definition) is 4. The Morgan fingerprint density at radius 3 is 2.67 bits per heavy atom. The smallest absolute Gasteiger partial charge is 0.264 e. The minimum atomic E-state index is -0.134. The van der Waals surface area contributed by atoms with E-state index in [0.717, 1.165) is 37.2 Å². The number of unbranched alkanes of at least 4 members (excludes halogenated alkanes) is 1. The fourth-order valence-corrected chi connectivity index (χ4v) is 4.82. The minimum absolute atomic E-state index is 0.121. The molecule has 1 amide bonds. The first-order chi connectivity index (χ1) is 16.0. The summed E-state index contributed by atoms with van der Waals surface area (Å²) in [6, 6.07) is 7.39. The maximum absolute atomic E-state index is 12.9. The molecule has 1 N–H and O–H groups in total. The molecule has 0 unspecified atom stereocenters. The van der Waals surface area contributed by atoms with Crippen LogP contribution in [0.15, 0.2) is 41.6 Å². The second-order valence-electron chi connectivity index (χ2n) is 9.06. The van der Waals surface area contributed by atoms with Crippen molar-refractivity contribution in [3.8, 4) is 0 Å². The zero-order chi connectivity index (χ0) is 23.2. The van der Waals surface area contributed by atoms with Crippen molar-refractivity contribution in [2.75, 3.05) is 6.54 Å². The Morgan fingerprint density at radius 1 is 1.18 bits per heavy atom. The molecule has 1 saturated carbocycles. The van der Waals surface area contributed by atoms with E-state index >= 15 is 0 Å². The van der Waals surface area contributed by atoms with E-state index in [9.17, 15) is 9.59 Å². The van der Waals surface area contributed by atoms with Gasteiger partial charge in [0.25, 0.3) is 5.56 Å². The van der Waals surface area contributed by atoms with Gasteiger partial charge >= 0.3 is 0 Å². The van der Waals surface area contributed by atoms with E-state index in [0.29, 0.717) is 35.7 Å². The van der Waals surface area contributed by atoms with Crippen LogP contribution in [0.5, 0.6) is 0 Å². The molecule has 0 saturated heterocycles. The summed E-state index contributed by atoms with van der Waals surface area (Å²) in [6.07, 6.45) is 11.2. The van der Waals surface area contributed by atoms with Gasteiger partial charge in [-0.2, -0.15) is 5.10 Å². The Balaban J connectivity index is 1.31. The average Bonchev–Trinajstić information content (AvgIpc) is 3.25. The van der Waals surface area contributed by atoms with E-state index in [1.807, 2.05) is 12.1 Å². The summed E-state index contributed by atoms with van der Waals surface area (Å²) in [4.78, 5) is 29.9. The standard InChI is InChI=1S/C25H32ClN5O2/c1-2-3-4-18-5-9-20(10-6-18)24(32)27-13-14-31-23-22(15-29-31)25(33)30(17-28-23)16-19-7-11-21(26)12-8-19/h7-8,11-12,15,17-18,20H,2-6,9-10,13-14,16H2,1H3,(H,27,32). The summed E-state index contributed by atoms with van der Waals surface area (Å²) in [7, 11) is 0. The van der Waals surface area contributed by atoms with Gasteiger partial charge < -0.3 is 5.32 Å². The van der Waals surface area contributed by atoms with Crippen molar-refractivity contribution >= 4 is 28.5 Å². The number of nitrogens with one attached hydrogen (secondary N) is 1. The number of benzene rings is 1. The zero-order valence-electron chi connectivity index (χ0n) is 19.2. The molecule has 7 nitrogen and oxygen atoms in total. The Hall–Kier alpha value is -2.67. The van der Waals surface area contributed by atoms with Gasteiger partial charge in [0.1, 0.15) is 11.7 Å². The van der Waals surface area contributed by atoms with Crippen LogP contribution in [0.3, 0.4) is 0 Å². The highest BCUT2D eigenvalue weighted by Gasteiger charge is 2.25. The van der Waals surface area contributed by atoms with E-state index in [-0.39, 0.29) is 17.4 Å². The molecule has 1 fully saturated rings. The Labute approximate surface area is 199 Å². The lowest BCUT2D eigenvalue weighted by atomic mass is 9.79. The number of halogens is 1. The highest BCUT2D eigenvalue weighted by Crippen LogP contribution is 2.31. The van der Waals surface area contributed by atoms with Gasteiger partial charge in [-0.15, -0.1) is 0 Å². The van der Waals surface area contributed by atoms with Crippen LogP contribution in [0.1, 0.15) is 57.4 Å². The van der Waals surface area contributed by atoms with Crippen molar-refractivity contribution in [3.63, 3.8) is 0 Å². The fourth-order valence-electron chi connectivity index (χ4n) is 4.70. The molecule has 176 valence electrons. The molecule has 0 aliphatic heterocycles. The summed E-state index contributed by atoms with van der Waals surface area (Å²) in [5, 5.41) is 8.53. The predicted octanol–water partition coefficient (Wildman–Crippen LogP) is 4.41. The van der Waals surface area contributed by atoms with Crippen LogP contribution in [-0.2, 0) is 17.9 Å². The first-order valence-corrected chi connectivity index (χ1v) is 12.4. The van der Waals surface area contributed by atoms with E-state index in [1.54, 1.807) is 33.9 Å². The maximum Gasteiger partial charge on any atom is 0.264 e. The normalized spacial score (nSPS) is 18.5. The molecule has 1 aliphatic rings. The van der Waals surface area contributed by atoms with Crippen LogP contribution in [0, 0.1) is 11.8 Å². The summed E-state index contributed by atoms with van der Waals surface area (Å²) in [5.74, 6) is 1.05. The molecule has 2 heterocycles. The molecule has 2 aromatic heterocycles. The highest BCUT2D eigenvalue weighted by atomic mass is 35.5. The van der Waals surface area contributed by atoms with E-state index in [1.165, 1.54) is 19.3 Å². The molecule has 0 radical (unpaired) electrons. The zero-order valence-corrected chi connectivity index (χ0v) is 19.9.